The molecule has 0 atom stereocenters. The van der Waals surface area contributed by atoms with Gasteiger partial charge < -0.3 is 5.11 Å². The Morgan fingerprint density at radius 1 is 1.14 bits per heavy atom. The van der Waals surface area contributed by atoms with Crippen LogP contribution in [-0.4, -0.2) is 19.7 Å². The van der Waals surface area contributed by atoms with E-state index in [-0.39, 0.29) is 10.6 Å². The molecule has 5 nitrogen and oxygen atoms in total. The maximum atomic E-state index is 12.3. The van der Waals surface area contributed by atoms with Gasteiger partial charge in [0.15, 0.2) is 0 Å². The molecule has 0 aromatic heterocycles. The monoisotopic (exact) mass is 492 g/mol. The predicted molar refractivity (Wildman–Crippen MR) is 119 cm³/mol. The molecule has 0 heterocycles. The third kappa shape index (κ3) is 5.38. The lowest BCUT2D eigenvalue weighted by atomic mass is 10.0. The molecule has 3 rings (SSSR count). The molecule has 0 amide bonds. The molecule has 0 fully saturated rings. The Bertz CT molecular complexity index is 1160. The van der Waals surface area contributed by atoms with E-state index < -0.39 is 10.0 Å². The van der Waals surface area contributed by atoms with Crippen molar-refractivity contribution in [1.82, 2.24) is 4.83 Å². The van der Waals surface area contributed by atoms with Crippen LogP contribution in [0.3, 0.4) is 0 Å². The molecule has 0 radical (unpaired) electrons. The Morgan fingerprint density at radius 2 is 1.83 bits per heavy atom. The van der Waals surface area contributed by atoms with Gasteiger partial charge in [0.05, 0.1) is 15.6 Å². The number of nitrogens with one attached hydrogen (secondary N) is 1. The number of aromatic hydroxyl groups is 1. The van der Waals surface area contributed by atoms with E-state index >= 15 is 0 Å². The van der Waals surface area contributed by atoms with Crippen LogP contribution in [0.4, 0.5) is 0 Å². The molecule has 29 heavy (non-hydrogen) atoms. The van der Waals surface area contributed by atoms with Crippen molar-refractivity contribution >= 4 is 43.8 Å². The van der Waals surface area contributed by atoms with Crippen molar-refractivity contribution in [2.45, 2.75) is 18.2 Å². The van der Waals surface area contributed by atoms with E-state index in [1.807, 2.05) is 31.2 Å². The van der Waals surface area contributed by atoms with Gasteiger partial charge in [0, 0.05) is 10.6 Å². The molecule has 0 saturated carbocycles. The second kappa shape index (κ2) is 8.98. The predicted octanol–water partition coefficient (Wildman–Crippen LogP) is 5.02. The molecule has 3 aromatic rings. The number of halogens is 2. The molecule has 0 aliphatic rings. The van der Waals surface area contributed by atoms with Gasteiger partial charge in [-0.15, -0.1) is 0 Å². The van der Waals surface area contributed by atoms with Crippen LogP contribution in [0.25, 0.3) is 0 Å². The molecule has 0 aliphatic carbocycles. The summed E-state index contributed by atoms with van der Waals surface area (Å²) in [6.07, 6.45) is 1.82. The molecule has 0 unspecified atom stereocenters. The van der Waals surface area contributed by atoms with Crippen molar-refractivity contribution in [2.75, 3.05) is 0 Å². The highest BCUT2D eigenvalue weighted by Crippen LogP contribution is 2.30. The Morgan fingerprint density at radius 3 is 2.52 bits per heavy atom. The Hall–Kier alpha value is -2.35. The van der Waals surface area contributed by atoms with Gasteiger partial charge in [0.25, 0.3) is 10.0 Å². The van der Waals surface area contributed by atoms with Crippen LogP contribution in [0.1, 0.15) is 22.3 Å². The maximum Gasteiger partial charge on any atom is 0.276 e. The molecular weight excluding hydrogens is 476 g/mol. The van der Waals surface area contributed by atoms with Gasteiger partial charge in [-0.05, 0) is 70.7 Å². The standard InChI is InChI=1S/C21H18BrClN2O3S/c1-14-6-8-18(9-7-14)29(27,28)25-24-13-17-11-15(12-19(22)21(17)26)10-16-4-2-3-5-20(16)23/h2-9,11-13,25-26H,10H2,1H3/b24-13-. The van der Waals surface area contributed by atoms with Crippen LogP contribution in [0.15, 0.2) is 75.1 Å². The average Bonchev–Trinajstić information content (AvgIpc) is 2.67. The number of phenolic OH excluding ortho intramolecular Hbond substituents is 1. The van der Waals surface area contributed by atoms with Crippen molar-refractivity contribution in [2.24, 2.45) is 5.10 Å². The summed E-state index contributed by atoms with van der Waals surface area (Å²) in [5.41, 5.74) is 3.14. The molecule has 0 saturated heterocycles. The first-order valence-electron chi connectivity index (χ1n) is 8.62. The SMILES string of the molecule is Cc1ccc(S(=O)(=O)N/N=C\c2cc(Cc3ccccc3Cl)cc(Br)c2O)cc1. The van der Waals surface area contributed by atoms with Gasteiger partial charge >= 0.3 is 0 Å². The zero-order valence-electron chi connectivity index (χ0n) is 15.4. The second-order valence-corrected chi connectivity index (χ2v) is 9.37. The van der Waals surface area contributed by atoms with Gasteiger partial charge in [-0.25, -0.2) is 4.83 Å². The number of rotatable bonds is 6. The fourth-order valence-corrected chi connectivity index (χ4v) is 4.19. The van der Waals surface area contributed by atoms with Gasteiger partial charge in [0.1, 0.15) is 5.75 Å². The summed E-state index contributed by atoms with van der Waals surface area (Å²) in [6.45, 7) is 1.87. The molecule has 0 aliphatic heterocycles. The second-order valence-electron chi connectivity index (χ2n) is 6.45. The van der Waals surface area contributed by atoms with Crippen LogP contribution in [-0.2, 0) is 16.4 Å². The number of nitrogens with zero attached hydrogens (tertiary/aromatic N) is 1. The zero-order valence-corrected chi connectivity index (χ0v) is 18.6. The van der Waals surface area contributed by atoms with Crippen LogP contribution in [0.5, 0.6) is 5.75 Å². The topological polar surface area (TPSA) is 78.8 Å². The van der Waals surface area contributed by atoms with Gasteiger partial charge in [-0.3, -0.25) is 0 Å². The quantitative estimate of drug-likeness (QED) is 0.374. The Balaban J connectivity index is 1.82. The summed E-state index contributed by atoms with van der Waals surface area (Å²) in [7, 11) is -3.79. The number of hydrogen-bond donors (Lipinski definition) is 2. The molecule has 0 bridgehead atoms. The number of hydrogen-bond acceptors (Lipinski definition) is 4. The molecule has 150 valence electrons. The lowest BCUT2D eigenvalue weighted by molar-refractivity contribution is 0.470. The first kappa shape index (κ1) is 21.4. The minimum absolute atomic E-state index is 0.0359. The van der Waals surface area contributed by atoms with E-state index in [4.69, 9.17) is 11.6 Å². The summed E-state index contributed by atoms with van der Waals surface area (Å²) >= 11 is 9.54. The maximum absolute atomic E-state index is 12.3. The van der Waals surface area contributed by atoms with E-state index in [0.717, 1.165) is 16.7 Å². The molecule has 3 aromatic carbocycles. The first-order valence-corrected chi connectivity index (χ1v) is 11.3. The molecular formula is C21H18BrClN2O3S. The summed E-state index contributed by atoms with van der Waals surface area (Å²) < 4.78 is 25.1. The van der Waals surface area contributed by atoms with Crippen molar-refractivity contribution in [3.05, 3.63) is 92.4 Å². The number of sulfonamides is 1. The average molecular weight is 494 g/mol. The third-order valence-electron chi connectivity index (χ3n) is 4.21. The van der Waals surface area contributed by atoms with E-state index in [1.54, 1.807) is 24.3 Å². The minimum atomic E-state index is -3.79. The summed E-state index contributed by atoms with van der Waals surface area (Å²) in [4.78, 5) is 2.27. The molecule has 0 spiro atoms. The summed E-state index contributed by atoms with van der Waals surface area (Å²) in [5, 5.41) is 14.7. The lowest BCUT2D eigenvalue weighted by Crippen LogP contribution is -2.18. The number of phenols is 1. The van der Waals surface area contributed by atoms with Crippen molar-refractivity contribution in [3.8, 4) is 5.75 Å². The largest absolute Gasteiger partial charge is 0.506 e. The fourth-order valence-electron chi connectivity index (χ4n) is 2.68. The smallest absolute Gasteiger partial charge is 0.276 e. The summed E-state index contributed by atoms with van der Waals surface area (Å²) in [5.74, 6) is -0.0359. The number of aryl methyl sites for hydroxylation is 1. The highest BCUT2D eigenvalue weighted by molar-refractivity contribution is 9.10. The lowest BCUT2D eigenvalue weighted by Gasteiger charge is -2.09. The van der Waals surface area contributed by atoms with Gasteiger partial charge in [-0.1, -0.05) is 47.5 Å². The third-order valence-corrected chi connectivity index (χ3v) is 6.42. The van der Waals surface area contributed by atoms with E-state index in [0.29, 0.717) is 21.5 Å². The number of hydrazone groups is 1. The van der Waals surface area contributed by atoms with Crippen LogP contribution in [0.2, 0.25) is 5.02 Å². The first-order chi connectivity index (χ1) is 13.8. The summed E-state index contributed by atoms with van der Waals surface area (Å²) in [6, 6.07) is 17.4. The van der Waals surface area contributed by atoms with Crippen LogP contribution >= 0.6 is 27.5 Å². The Labute approximate surface area is 183 Å². The Kier molecular flexibility index (Phi) is 6.62. The van der Waals surface area contributed by atoms with E-state index in [2.05, 4.69) is 25.9 Å². The van der Waals surface area contributed by atoms with Gasteiger partial charge in [-0.2, -0.15) is 13.5 Å². The highest BCUT2D eigenvalue weighted by atomic mass is 79.9. The molecule has 2 N–H and O–H groups in total. The van der Waals surface area contributed by atoms with Crippen molar-refractivity contribution < 1.29 is 13.5 Å². The fraction of sp³-hybridized carbons (Fsp3) is 0.0952. The minimum Gasteiger partial charge on any atom is -0.506 e. The van der Waals surface area contributed by atoms with Crippen molar-refractivity contribution in [3.63, 3.8) is 0 Å². The van der Waals surface area contributed by atoms with E-state index in [9.17, 15) is 13.5 Å². The zero-order chi connectivity index (χ0) is 21.0. The van der Waals surface area contributed by atoms with Gasteiger partial charge in [0.2, 0.25) is 0 Å². The van der Waals surface area contributed by atoms with Crippen LogP contribution in [0, 0.1) is 6.92 Å². The van der Waals surface area contributed by atoms with Crippen LogP contribution < -0.4 is 4.83 Å². The molecule has 8 heteroatoms. The highest BCUT2D eigenvalue weighted by Gasteiger charge is 2.13. The normalized spacial score (nSPS) is 11.7. The number of benzene rings is 3. The van der Waals surface area contributed by atoms with Crippen molar-refractivity contribution in [1.29, 1.82) is 0 Å². The van der Waals surface area contributed by atoms with E-state index in [1.165, 1.54) is 18.3 Å².